The molecule has 0 atom stereocenters. The number of aryl methyl sites for hydroxylation is 4. The van der Waals surface area contributed by atoms with Crippen LogP contribution < -0.4 is 5.32 Å². The number of hydrogen-bond donors (Lipinski definition) is 3. The molecule has 0 aromatic carbocycles. The van der Waals surface area contributed by atoms with Gasteiger partial charge in [0.15, 0.2) is 0 Å². The normalized spacial score (nSPS) is 10.7. The van der Waals surface area contributed by atoms with Gasteiger partial charge in [-0.1, -0.05) is 0 Å². The van der Waals surface area contributed by atoms with Gasteiger partial charge in [0.2, 0.25) is 5.91 Å². The summed E-state index contributed by atoms with van der Waals surface area (Å²) in [7, 11) is 0. The van der Waals surface area contributed by atoms with Gasteiger partial charge >= 0.3 is 0 Å². The third-order valence-corrected chi connectivity index (χ3v) is 3.01. The number of nitrogens with zero attached hydrogens (tertiary/aromatic N) is 2. The van der Waals surface area contributed by atoms with Crippen LogP contribution in [0.5, 0.6) is 0 Å². The van der Waals surface area contributed by atoms with Crippen LogP contribution in [0.3, 0.4) is 0 Å². The van der Waals surface area contributed by atoms with Crippen molar-refractivity contribution in [2.75, 3.05) is 5.32 Å². The van der Waals surface area contributed by atoms with E-state index in [-0.39, 0.29) is 5.91 Å². The van der Waals surface area contributed by atoms with Crippen molar-refractivity contribution >= 4 is 11.6 Å². The maximum absolute atomic E-state index is 12.0. The van der Waals surface area contributed by atoms with Gasteiger partial charge in [-0.3, -0.25) is 15.0 Å². The third-order valence-electron chi connectivity index (χ3n) is 3.01. The van der Waals surface area contributed by atoms with Crippen molar-refractivity contribution < 1.29 is 4.79 Å². The summed E-state index contributed by atoms with van der Waals surface area (Å²) < 4.78 is 0. The minimum Gasteiger partial charge on any atom is -0.323 e. The third kappa shape index (κ3) is 2.27. The number of nitrogens with one attached hydrogen (secondary N) is 3. The molecular weight excluding hydrogens is 230 g/mol. The highest BCUT2D eigenvalue weighted by atomic mass is 16.1. The molecule has 0 aliphatic heterocycles. The van der Waals surface area contributed by atoms with Crippen LogP contribution in [0.4, 0.5) is 5.69 Å². The summed E-state index contributed by atoms with van der Waals surface area (Å²) in [5.41, 5.74) is 5.17. The van der Waals surface area contributed by atoms with E-state index in [1.807, 2.05) is 27.7 Å². The van der Waals surface area contributed by atoms with Crippen molar-refractivity contribution in [3.05, 3.63) is 28.3 Å². The molecule has 6 nitrogen and oxygen atoms in total. The van der Waals surface area contributed by atoms with Crippen molar-refractivity contribution in [3.63, 3.8) is 0 Å². The summed E-state index contributed by atoms with van der Waals surface area (Å²) in [6.07, 6.45) is 0.318. The fraction of sp³-hybridized carbons (Fsp3) is 0.417. The zero-order valence-electron chi connectivity index (χ0n) is 11.0. The number of carbonyl (C=O) groups excluding carboxylic acids is 1. The number of aromatic amines is 2. The first kappa shape index (κ1) is 12.3. The van der Waals surface area contributed by atoms with Crippen LogP contribution in [-0.2, 0) is 11.2 Å². The molecule has 2 rings (SSSR count). The second kappa shape index (κ2) is 4.64. The molecule has 0 aliphatic carbocycles. The summed E-state index contributed by atoms with van der Waals surface area (Å²) in [6, 6.07) is 0. The Morgan fingerprint density at radius 2 is 1.67 bits per heavy atom. The summed E-state index contributed by atoms with van der Waals surface area (Å²) in [6.45, 7) is 7.54. The summed E-state index contributed by atoms with van der Waals surface area (Å²) in [4.78, 5) is 12.0. The van der Waals surface area contributed by atoms with Crippen LogP contribution in [0.25, 0.3) is 0 Å². The fourth-order valence-electron chi connectivity index (χ4n) is 1.91. The predicted molar refractivity (Wildman–Crippen MR) is 68.5 cm³/mol. The Kier molecular flexibility index (Phi) is 3.18. The van der Waals surface area contributed by atoms with Crippen molar-refractivity contribution in [2.45, 2.75) is 34.1 Å². The minimum absolute atomic E-state index is 0.0600. The van der Waals surface area contributed by atoms with Gasteiger partial charge in [0.25, 0.3) is 0 Å². The summed E-state index contributed by atoms with van der Waals surface area (Å²) in [5, 5.41) is 16.7. The van der Waals surface area contributed by atoms with E-state index in [2.05, 4.69) is 25.7 Å². The number of H-pyrrole nitrogens is 2. The van der Waals surface area contributed by atoms with Crippen LogP contribution in [0.1, 0.15) is 28.3 Å². The van der Waals surface area contributed by atoms with Gasteiger partial charge in [-0.2, -0.15) is 10.2 Å². The molecule has 0 saturated heterocycles. The van der Waals surface area contributed by atoms with Gasteiger partial charge in [0.1, 0.15) is 0 Å². The topological polar surface area (TPSA) is 86.5 Å². The molecule has 0 saturated carbocycles. The minimum atomic E-state index is -0.0600. The lowest BCUT2D eigenvalue weighted by Crippen LogP contribution is -2.16. The maximum Gasteiger partial charge on any atom is 0.229 e. The van der Waals surface area contributed by atoms with Gasteiger partial charge < -0.3 is 5.32 Å². The van der Waals surface area contributed by atoms with Gasteiger partial charge in [-0.25, -0.2) is 0 Å². The molecule has 0 fully saturated rings. The van der Waals surface area contributed by atoms with E-state index in [4.69, 9.17) is 0 Å². The average Bonchev–Trinajstić information content (AvgIpc) is 2.79. The van der Waals surface area contributed by atoms with E-state index in [1.54, 1.807) is 0 Å². The molecule has 0 unspecified atom stereocenters. The Labute approximate surface area is 105 Å². The van der Waals surface area contributed by atoms with E-state index >= 15 is 0 Å². The number of hydrogen-bond acceptors (Lipinski definition) is 3. The second-order valence-electron chi connectivity index (χ2n) is 4.45. The van der Waals surface area contributed by atoms with Crippen LogP contribution in [0.2, 0.25) is 0 Å². The SMILES string of the molecule is Cc1n[nH]c(C)c1CC(=O)Nc1c(C)n[nH]c1C. The highest BCUT2D eigenvalue weighted by Crippen LogP contribution is 2.17. The lowest BCUT2D eigenvalue weighted by Gasteiger charge is -2.05. The molecule has 0 radical (unpaired) electrons. The van der Waals surface area contributed by atoms with E-state index < -0.39 is 0 Å². The monoisotopic (exact) mass is 247 g/mol. The molecular formula is C12H17N5O. The van der Waals surface area contributed by atoms with E-state index in [9.17, 15) is 4.79 Å². The average molecular weight is 247 g/mol. The van der Waals surface area contributed by atoms with Gasteiger partial charge in [0, 0.05) is 11.3 Å². The zero-order valence-corrected chi connectivity index (χ0v) is 11.0. The van der Waals surface area contributed by atoms with E-state index in [0.29, 0.717) is 6.42 Å². The Morgan fingerprint density at radius 3 is 2.17 bits per heavy atom. The van der Waals surface area contributed by atoms with Crippen molar-refractivity contribution in [1.82, 2.24) is 20.4 Å². The van der Waals surface area contributed by atoms with Crippen LogP contribution in [0, 0.1) is 27.7 Å². The van der Waals surface area contributed by atoms with Crippen molar-refractivity contribution in [1.29, 1.82) is 0 Å². The Morgan fingerprint density at radius 1 is 1.06 bits per heavy atom. The van der Waals surface area contributed by atoms with Crippen LogP contribution >= 0.6 is 0 Å². The number of anilines is 1. The first-order valence-electron chi connectivity index (χ1n) is 5.81. The van der Waals surface area contributed by atoms with Gasteiger partial charge in [0.05, 0.1) is 29.2 Å². The number of rotatable bonds is 3. The zero-order chi connectivity index (χ0) is 13.3. The molecule has 18 heavy (non-hydrogen) atoms. The molecule has 6 heteroatoms. The van der Waals surface area contributed by atoms with Crippen LogP contribution in [-0.4, -0.2) is 26.3 Å². The molecule has 0 spiro atoms. The van der Waals surface area contributed by atoms with E-state index in [1.165, 1.54) is 0 Å². The highest BCUT2D eigenvalue weighted by molar-refractivity contribution is 5.93. The smallest absolute Gasteiger partial charge is 0.229 e. The maximum atomic E-state index is 12.0. The molecule has 0 bridgehead atoms. The highest BCUT2D eigenvalue weighted by Gasteiger charge is 2.14. The quantitative estimate of drug-likeness (QED) is 0.769. The van der Waals surface area contributed by atoms with E-state index in [0.717, 1.165) is 34.0 Å². The van der Waals surface area contributed by atoms with Gasteiger partial charge in [-0.05, 0) is 27.7 Å². The molecule has 3 N–H and O–H groups in total. The molecule has 1 amide bonds. The number of aromatic nitrogens is 4. The van der Waals surface area contributed by atoms with Crippen molar-refractivity contribution in [3.8, 4) is 0 Å². The number of amides is 1. The lowest BCUT2D eigenvalue weighted by molar-refractivity contribution is -0.115. The second-order valence-corrected chi connectivity index (χ2v) is 4.45. The van der Waals surface area contributed by atoms with Gasteiger partial charge in [-0.15, -0.1) is 0 Å². The summed E-state index contributed by atoms with van der Waals surface area (Å²) in [5.74, 6) is -0.0600. The standard InChI is InChI=1S/C12H17N5O/c1-6-10(7(2)15-14-6)5-11(18)13-12-8(3)16-17-9(12)4/h5H2,1-4H3,(H,13,18)(H,14,15)(H,16,17). The Balaban J connectivity index is 2.10. The first-order chi connectivity index (χ1) is 8.49. The Bertz CT molecular complexity index is 492. The lowest BCUT2D eigenvalue weighted by atomic mass is 10.1. The first-order valence-corrected chi connectivity index (χ1v) is 5.81. The molecule has 0 aliphatic rings. The molecule has 96 valence electrons. The predicted octanol–water partition coefficient (Wildman–Crippen LogP) is 1.55. The molecule has 2 heterocycles. The molecule has 2 aromatic heterocycles. The summed E-state index contributed by atoms with van der Waals surface area (Å²) >= 11 is 0. The largest absolute Gasteiger partial charge is 0.323 e. The Hall–Kier alpha value is -2.11. The molecule has 2 aromatic rings. The van der Waals surface area contributed by atoms with Crippen molar-refractivity contribution in [2.24, 2.45) is 0 Å². The van der Waals surface area contributed by atoms with Crippen LogP contribution in [0.15, 0.2) is 0 Å². The fourth-order valence-corrected chi connectivity index (χ4v) is 1.91. The number of carbonyl (C=O) groups is 1.